The number of aryl methyl sites for hydroxylation is 1. The second-order valence-electron chi connectivity index (χ2n) is 6.47. The molecule has 0 bridgehead atoms. The standard InChI is InChI=1S/C18H26N6O/c1-2-10-24-14-19-17(22-24)21-18(25)20-16-8-11-23(12-9-16)13-15-6-4-3-5-7-15/h3-7,14,16H,2,8-13H2,1H3,(H2,20,21,22,25). The first-order valence-corrected chi connectivity index (χ1v) is 8.96. The average molecular weight is 342 g/mol. The number of anilines is 1. The summed E-state index contributed by atoms with van der Waals surface area (Å²) in [4.78, 5) is 18.6. The van der Waals surface area contributed by atoms with E-state index in [4.69, 9.17) is 0 Å². The minimum atomic E-state index is -0.226. The Labute approximate surface area is 148 Å². The van der Waals surface area contributed by atoms with Gasteiger partial charge < -0.3 is 5.32 Å². The molecule has 0 spiro atoms. The number of hydrogen-bond donors (Lipinski definition) is 2. The maximum Gasteiger partial charge on any atom is 0.321 e. The van der Waals surface area contributed by atoms with Crippen LogP contribution in [0.3, 0.4) is 0 Å². The number of nitrogens with one attached hydrogen (secondary N) is 2. The summed E-state index contributed by atoms with van der Waals surface area (Å²) in [5.74, 6) is 0.354. The second-order valence-corrected chi connectivity index (χ2v) is 6.47. The Morgan fingerprint density at radius 3 is 2.72 bits per heavy atom. The van der Waals surface area contributed by atoms with Crippen molar-refractivity contribution in [2.24, 2.45) is 0 Å². The van der Waals surface area contributed by atoms with Gasteiger partial charge in [0.1, 0.15) is 6.33 Å². The van der Waals surface area contributed by atoms with Crippen LogP contribution >= 0.6 is 0 Å². The van der Waals surface area contributed by atoms with E-state index in [0.29, 0.717) is 5.95 Å². The Balaban J connectivity index is 1.40. The first kappa shape index (κ1) is 17.4. The van der Waals surface area contributed by atoms with E-state index in [-0.39, 0.29) is 12.1 Å². The quantitative estimate of drug-likeness (QED) is 0.846. The molecular weight excluding hydrogens is 316 g/mol. The molecule has 0 unspecified atom stereocenters. The number of nitrogens with zero attached hydrogens (tertiary/aromatic N) is 4. The Morgan fingerprint density at radius 1 is 1.24 bits per heavy atom. The van der Waals surface area contributed by atoms with Crippen LogP contribution in [0.2, 0.25) is 0 Å². The fraction of sp³-hybridized carbons (Fsp3) is 0.500. The van der Waals surface area contributed by atoms with Crippen molar-refractivity contribution in [1.82, 2.24) is 25.0 Å². The molecule has 1 aromatic heterocycles. The van der Waals surface area contributed by atoms with E-state index in [2.05, 4.69) is 56.8 Å². The number of amides is 2. The minimum absolute atomic E-state index is 0.199. The molecule has 134 valence electrons. The zero-order chi connectivity index (χ0) is 17.5. The van der Waals surface area contributed by atoms with E-state index >= 15 is 0 Å². The summed E-state index contributed by atoms with van der Waals surface area (Å²) >= 11 is 0. The summed E-state index contributed by atoms with van der Waals surface area (Å²) in [7, 11) is 0. The average Bonchev–Trinajstić information content (AvgIpc) is 3.05. The summed E-state index contributed by atoms with van der Waals surface area (Å²) < 4.78 is 1.73. The van der Waals surface area contributed by atoms with Crippen LogP contribution in [0.1, 0.15) is 31.7 Å². The number of aromatic nitrogens is 3. The molecule has 25 heavy (non-hydrogen) atoms. The van der Waals surface area contributed by atoms with Crippen LogP contribution in [0.4, 0.5) is 10.7 Å². The molecule has 2 aromatic rings. The zero-order valence-corrected chi connectivity index (χ0v) is 14.7. The van der Waals surface area contributed by atoms with Gasteiger partial charge in [0.25, 0.3) is 0 Å². The fourth-order valence-corrected chi connectivity index (χ4v) is 3.09. The lowest BCUT2D eigenvalue weighted by Crippen LogP contribution is -2.45. The van der Waals surface area contributed by atoms with Gasteiger partial charge in [-0.3, -0.25) is 14.9 Å². The van der Waals surface area contributed by atoms with Crippen molar-refractivity contribution >= 4 is 12.0 Å². The lowest BCUT2D eigenvalue weighted by molar-refractivity contribution is 0.190. The van der Waals surface area contributed by atoms with E-state index in [1.54, 1.807) is 11.0 Å². The van der Waals surface area contributed by atoms with Gasteiger partial charge in [0.15, 0.2) is 0 Å². The van der Waals surface area contributed by atoms with Gasteiger partial charge in [-0.1, -0.05) is 37.3 Å². The Bertz CT molecular complexity index is 663. The van der Waals surface area contributed by atoms with Crippen LogP contribution < -0.4 is 10.6 Å². The second kappa shape index (κ2) is 8.62. The normalized spacial score (nSPS) is 15.9. The van der Waals surface area contributed by atoms with E-state index in [1.165, 1.54) is 5.56 Å². The molecule has 2 amide bonds. The zero-order valence-electron chi connectivity index (χ0n) is 14.7. The number of likely N-dealkylation sites (tertiary alicyclic amines) is 1. The lowest BCUT2D eigenvalue weighted by atomic mass is 10.0. The maximum atomic E-state index is 12.1. The van der Waals surface area contributed by atoms with Gasteiger partial charge in [-0.2, -0.15) is 0 Å². The first-order valence-electron chi connectivity index (χ1n) is 8.96. The first-order chi connectivity index (χ1) is 12.2. The van der Waals surface area contributed by atoms with Crippen molar-refractivity contribution in [3.05, 3.63) is 42.2 Å². The van der Waals surface area contributed by atoms with Crippen molar-refractivity contribution in [2.45, 2.75) is 45.3 Å². The Hall–Kier alpha value is -2.41. The molecular formula is C18H26N6O. The summed E-state index contributed by atoms with van der Waals surface area (Å²) in [6, 6.07) is 10.5. The smallest absolute Gasteiger partial charge is 0.321 e. The van der Waals surface area contributed by atoms with E-state index in [9.17, 15) is 4.79 Å². The molecule has 1 aromatic carbocycles. The van der Waals surface area contributed by atoms with Crippen molar-refractivity contribution in [2.75, 3.05) is 18.4 Å². The number of carbonyl (C=O) groups excluding carboxylic acids is 1. The van der Waals surface area contributed by atoms with Gasteiger partial charge in [0, 0.05) is 32.2 Å². The highest BCUT2D eigenvalue weighted by molar-refractivity contribution is 5.87. The molecule has 7 nitrogen and oxygen atoms in total. The van der Waals surface area contributed by atoms with Crippen LogP contribution in [0, 0.1) is 0 Å². The molecule has 1 fully saturated rings. The lowest BCUT2D eigenvalue weighted by Gasteiger charge is -2.32. The number of rotatable bonds is 6. The Kier molecular flexibility index (Phi) is 6.00. The van der Waals surface area contributed by atoms with Gasteiger partial charge in [0.2, 0.25) is 5.95 Å². The third-order valence-electron chi connectivity index (χ3n) is 4.39. The largest absolute Gasteiger partial charge is 0.335 e. The Morgan fingerprint density at radius 2 is 2.00 bits per heavy atom. The number of piperidine rings is 1. The fourth-order valence-electron chi connectivity index (χ4n) is 3.09. The van der Waals surface area contributed by atoms with Crippen molar-refractivity contribution in [3.63, 3.8) is 0 Å². The predicted molar refractivity (Wildman–Crippen MR) is 97.2 cm³/mol. The van der Waals surface area contributed by atoms with Gasteiger partial charge in [-0.15, -0.1) is 5.10 Å². The highest BCUT2D eigenvalue weighted by Crippen LogP contribution is 2.14. The van der Waals surface area contributed by atoms with Crippen LogP contribution in [0.5, 0.6) is 0 Å². The van der Waals surface area contributed by atoms with E-state index < -0.39 is 0 Å². The molecule has 0 saturated carbocycles. The summed E-state index contributed by atoms with van der Waals surface area (Å²) in [5.41, 5.74) is 1.33. The molecule has 0 atom stereocenters. The van der Waals surface area contributed by atoms with Crippen molar-refractivity contribution in [1.29, 1.82) is 0 Å². The van der Waals surface area contributed by atoms with Crippen LogP contribution in [0.15, 0.2) is 36.7 Å². The molecule has 1 saturated heterocycles. The molecule has 0 radical (unpaired) electrons. The highest BCUT2D eigenvalue weighted by Gasteiger charge is 2.21. The number of benzene rings is 1. The molecule has 2 N–H and O–H groups in total. The summed E-state index contributed by atoms with van der Waals surface area (Å²) in [6.07, 6.45) is 4.54. The molecule has 1 aliphatic rings. The van der Waals surface area contributed by atoms with E-state index in [0.717, 1.165) is 45.4 Å². The number of urea groups is 1. The SMILES string of the molecule is CCCn1cnc(NC(=O)NC2CCN(Cc3ccccc3)CC2)n1. The number of hydrogen-bond acceptors (Lipinski definition) is 4. The molecule has 1 aliphatic heterocycles. The van der Waals surface area contributed by atoms with Gasteiger partial charge >= 0.3 is 6.03 Å². The van der Waals surface area contributed by atoms with Crippen LogP contribution in [0.25, 0.3) is 0 Å². The van der Waals surface area contributed by atoms with Crippen LogP contribution in [-0.4, -0.2) is 44.8 Å². The van der Waals surface area contributed by atoms with Gasteiger partial charge in [-0.25, -0.2) is 9.78 Å². The highest BCUT2D eigenvalue weighted by atomic mass is 16.2. The summed E-state index contributed by atoms with van der Waals surface area (Å²) in [5, 5.41) is 9.96. The minimum Gasteiger partial charge on any atom is -0.335 e. The molecule has 7 heteroatoms. The van der Waals surface area contributed by atoms with Crippen molar-refractivity contribution in [3.8, 4) is 0 Å². The van der Waals surface area contributed by atoms with Crippen molar-refractivity contribution < 1.29 is 4.79 Å². The summed E-state index contributed by atoms with van der Waals surface area (Å²) in [6.45, 7) is 5.83. The third kappa shape index (κ3) is 5.29. The maximum absolute atomic E-state index is 12.1. The number of carbonyl (C=O) groups is 1. The van der Waals surface area contributed by atoms with Gasteiger partial charge in [0.05, 0.1) is 0 Å². The van der Waals surface area contributed by atoms with Gasteiger partial charge in [-0.05, 0) is 24.8 Å². The topological polar surface area (TPSA) is 75.1 Å². The predicted octanol–water partition coefficient (Wildman–Crippen LogP) is 2.47. The molecule has 3 rings (SSSR count). The third-order valence-corrected chi connectivity index (χ3v) is 4.39. The molecule has 2 heterocycles. The van der Waals surface area contributed by atoms with E-state index in [1.807, 2.05) is 6.07 Å². The molecule has 0 aliphatic carbocycles. The van der Waals surface area contributed by atoms with Crippen LogP contribution in [-0.2, 0) is 13.1 Å². The monoisotopic (exact) mass is 342 g/mol.